The average Bonchev–Trinajstić information content (AvgIpc) is 1.85. The van der Waals surface area contributed by atoms with Crippen LogP contribution in [0.15, 0.2) is 0 Å². The quantitative estimate of drug-likeness (QED) is 0.548. The monoisotopic (exact) mass is 141 g/mol. The maximum atomic E-state index is 10.8. The fraction of sp³-hybridized carbons (Fsp3) is 0.714. The van der Waals surface area contributed by atoms with Gasteiger partial charge in [0.05, 0.1) is 0 Å². The molecule has 1 N–H and O–H groups in total. The molecule has 0 heterocycles. The van der Waals surface area contributed by atoms with E-state index in [1.807, 2.05) is 0 Å². The van der Waals surface area contributed by atoms with E-state index in [1.165, 1.54) is 0 Å². The predicted octanol–water partition coefficient (Wildman–Crippen LogP) is -0.0425. The van der Waals surface area contributed by atoms with Crippen LogP contribution in [0.5, 0.6) is 0 Å². The maximum absolute atomic E-state index is 10.8. The first-order chi connectivity index (χ1) is 4.77. The van der Waals surface area contributed by atoms with Gasteiger partial charge in [0.25, 0.3) is 0 Å². The molecule has 0 spiro atoms. The highest BCUT2D eigenvalue weighted by molar-refractivity contribution is 5.80. The fourth-order valence-corrected chi connectivity index (χ4v) is 1.19. The van der Waals surface area contributed by atoms with Crippen LogP contribution in [0, 0.1) is 11.8 Å². The summed E-state index contributed by atoms with van der Waals surface area (Å²) in [6.45, 7) is 0. The van der Waals surface area contributed by atoms with E-state index < -0.39 is 0 Å². The number of rotatable bonds is 2. The number of amides is 1. The van der Waals surface area contributed by atoms with E-state index in [4.69, 9.17) is 0 Å². The topological polar surface area (TPSA) is 46.2 Å². The van der Waals surface area contributed by atoms with Crippen LogP contribution < -0.4 is 5.32 Å². The average molecular weight is 141 g/mol. The van der Waals surface area contributed by atoms with Gasteiger partial charge in [-0.2, -0.15) is 0 Å². The number of aldehydes is 1. The van der Waals surface area contributed by atoms with E-state index in [0.29, 0.717) is 0 Å². The van der Waals surface area contributed by atoms with E-state index >= 15 is 0 Å². The van der Waals surface area contributed by atoms with Gasteiger partial charge < -0.3 is 10.1 Å². The van der Waals surface area contributed by atoms with Gasteiger partial charge in [-0.15, -0.1) is 0 Å². The van der Waals surface area contributed by atoms with Gasteiger partial charge in [0.2, 0.25) is 5.91 Å². The molecule has 1 aliphatic carbocycles. The van der Waals surface area contributed by atoms with Crippen LogP contribution in [0.4, 0.5) is 0 Å². The summed E-state index contributed by atoms with van der Waals surface area (Å²) in [4.78, 5) is 20.9. The summed E-state index contributed by atoms with van der Waals surface area (Å²) in [6.07, 6.45) is 2.41. The third kappa shape index (κ3) is 1.17. The summed E-state index contributed by atoms with van der Waals surface area (Å²) in [5, 5.41) is 2.56. The molecule has 0 aromatic heterocycles. The summed E-state index contributed by atoms with van der Waals surface area (Å²) < 4.78 is 0. The van der Waals surface area contributed by atoms with Gasteiger partial charge in [-0.05, 0) is 12.8 Å². The van der Waals surface area contributed by atoms with Crippen molar-refractivity contribution < 1.29 is 9.59 Å². The normalized spacial score (nSPS) is 30.5. The summed E-state index contributed by atoms with van der Waals surface area (Å²) >= 11 is 0. The van der Waals surface area contributed by atoms with E-state index in [-0.39, 0.29) is 17.7 Å². The number of carbonyl (C=O) groups excluding carboxylic acids is 2. The third-order valence-corrected chi connectivity index (χ3v) is 1.98. The van der Waals surface area contributed by atoms with Gasteiger partial charge in [-0.25, -0.2) is 0 Å². The number of nitrogens with one attached hydrogen (secondary N) is 1. The van der Waals surface area contributed by atoms with Crippen molar-refractivity contribution in [3.63, 3.8) is 0 Å². The van der Waals surface area contributed by atoms with Crippen LogP contribution in [-0.2, 0) is 9.59 Å². The van der Waals surface area contributed by atoms with Crippen LogP contribution in [0.2, 0.25) is 0 Å². The Hall–Kier alpha value is -0.860. The Morgan fingerprint density at radius 1 is 1.60 bits per heavy atom. The molecule has 1 aliphatic rings. The van der Waals surface area contributed by atoms with Gasteiger partial charge >= 0.3 is 0 Å². The minimum Gasteiger partial charge on any atom is -0.359 e. The first kappa shape index (κ1) is 7.25. The van der Waals surface area contributed by atoms with Crippen LogP contribution >= 0.6 is 0 Å². The molecule has 1 fully saturated rings. The first-order valence-corrected chi connectivity index (χ1v) is 3.44. The maximum Gasteiger partial charge on any atom is 0.222 e. The molecular formula is C7H11NO2. The largest absolute Gasteiger partial charge is 0.359 e. The van der Waals surface area contributed by atoms with Crippen LogP contribution in [-0.4, -0.2) is 19.2 Å². The fourth-order valence-electron chi connectivity index (χ4n) is 1.19. The molecule has 0 aromatic carbocycles. The zero-order chi connectivity index (χ0) is 7.56. The van der Waals surface area contributed by atoms with Crippen LogP contribution in [0.1, 0.15) is 12.8 Å². The molecule has 3 nitrogen and oxygen atoms in total. The summed E-state index contributed by atoms with van der Waals surface area (Å²) in [6, 6.07) is 0. The Morgan fingerprint density at radius 2 is 2.20 bits per heavy atom. The number of hydrogen-bond donors (Lipinski definition) is 1. The van der Waals surface area contributed by atoms with Crippen molar-refractivity contribution in [1.82, 2.24) is 5.32 Å². The number of carbonyl (C=O) groups is 2. The Balaban J connectivity index is 2.25. The molecule has 0 bridgehead atoms. The lowest BCUT2D eigenvalue weighted by Crippen LogP contribution is -2.37. The van der Waals surface area contributed by atoms with Gasteiger partial charge in [0, 0.05) is 18.9 Å². The minimum atomic E-state index is 0.0677. The predicted molar refractivity (Wildman–Crippen MR) is 36.3 cm³/mol. The minimum absolute atomic E-state index is 0.0677. The lowest BCUT2D eigenvalue weighted by atomic mass is 9.75. The molecule has 10 heavy (non-hydrogen) atoms. The van der Waals surface area contributed by atoms with E-state index in [1.54, 1.807) is 7.05 Å². The lowest BCUT2D eigenvalue weighted by Gasteiger charge is -2.29. The molecule has 1 amide bonds. The molecule has 3 heteroatoms. The number of hydrogen-bond acceptors (Lipinski definition) is 2. The summed E-state index contributed by atoms with van der Waals surface area (Å²) in [7, 11) is 1.62. The van der Waals surface area contributed by atoms with Crippen LogP contribution in [0.25, 0.3) is 0 Å². The molecule has 0 saturated heterocycles. The Labute approximate surface area is 59.8 Å². The van der Waals surface area contributed by atoms with Crippen molar-refractivity contribution in [2.24, 2.45) is 11.8 Å². The molecule has 0 aromatic rings. The Morgan fingerprint density at radius 3 is 2.60 bits per heavy atom. The van der Waals surface area contributed by atoms with Crippen molar-refractivity contribution in [3.8, 4) is 0 Å². The zero-order valence-corrected chi connectivity index (χ0v) is 5.96. The summed E-state index contributed by atoms with van der Waals surface area (Å²) in [5.74, 6) is 0.306. The Kier molecular flexibility index (Phi) is 2.04. The zero-order valence-electron chi connectivity index (χ0n) is 5.96. The molecule has 0 aliphatic heterocycles. The van der Waals surface area contributed by atoms with Gasteiger partial charge in [0.1, 0.15) is 6.29 Å². The van der Waals surface area contributed by atoms with Gasteiger partial charge in [0.15, 0.2) is 0 Å². The second kappa shape index (κ2) is 2.82. The van der Waals surface area contributed by atoms with Crippen molar-refractivity contribution >= 4 is 12.2 Å². The molecular weight excluding hydrogens is 130 g/mol. The lowest BCUT2D eigenvalue weighted by molar-refractivity contribution is -0.130. The Bertz CT molecular complexity index is 150. The van der Waals surface area contributed by atoms with Crippen molar-refractivity contribution in [2.45, 2.75) is 12.8 Å². The van der Waals surface area contributed by atoms with E-state index in [2.05, 4.69) is 5.32 Å². The van der Waals surface area contributed by atoms with Crippen molar-refractivity contribution in [2.75, 3.05) is 7.05 Å². The molecule has 0 atom stereocenters. The van der Waals surface area contributed by atoms with E-state index in [0.717, 1.165) is 19.1 Å². The highest BCUT2D eigenvalue weighted by Gasteiger charge is 2.33. The van der Waals surface area contributed by atoms with Crippen molar-refractivity contribution in [3.05, 3.63) is 0 Å². The standard InChI is InChI=1S/C7H11NO2/c1-8-7(10)6-2-5(3-6)4-9/h4-6H,2-3H2,1H3,(H,8,10). The third-order valence-electron chi connectivity index (χ3n) is 1.98. The molecule has 0 radical (unpaired) electrons. The molecule has 0 unspecified atom stereocenters. The highest BCUT2D eigenvalue weighted by atomic mass is 16.2. The van der Waals surface area contributed by atoms with Crippen LogP contribution in [0.3, 0.4) is 0 Å². The highest BCUT2D eigenvalue weighted by Crippen LogP contribution is 2.31. The molecule has 56 valence electrons. The van der Waals surface area contributed by atoms with Gasteiger partial charge in [-0.3, -0.25) is 4.79 Å². The second-order valence-corrected chi connectivity index (χ2v) is 2.68. The SMILES string of the molecule is CNC(=O)C1CC(C=O)C1. The first-order valence-electron chi connectivity index (χ1n) is 3.44. The molecule has 1 rings (SSSR count). The van der Waals surface area contributed by atoms with Crippen molar-refractivity contribution in [1.29, 1.82) is 0 Å². The van der Waals surface area contributed by atoms with E-state index in [9.17, 15) is 9.59 Å². The van der Waals surface area contributed by atoms with Gasteiger partial charge in [-0.1, -0.05) is 0 Å². The second-order valence-electron chi connectivity index (χ2n) is 2.68. The summed E-state index contributed by atoms with van der Waals surface area (Å²) in [5.41, 5.74) is 0. The smallest absolute Gasteiger partial charge is 0.222 e. The molecule has 1 saturated carbocycles.